The smallest absolute Gasteiger partial charge is 0.237 e. The zero-order chi connectivity index (χ0) is 13.5. The van der Waals surface area contributed by atoms with Gasteiger partial charge in [-0.2, -0.15) is 0 Å². The number of amides is 1. The summed E-state index contributed by atoms with van der Waals surface area (Å²) in [5, 5.41) is -0.864. The first-order chi connectivity index (χ1) is 8.29. The van der Waals surface area contributed by atoms with Crippen molar-refractivity contribution < 1.29 is 13.2 Å². The molecule has 1 aliphatic heterocycles. The van der Waals surface area contributed by atoms with Crippen LogP contribution in [0.3, 0.4) is 0 Å². The van der Waals surface area contributed by atoms with E-state index >= 15 is 0 Å². The monoisotopic (exact) mass is 352 g/mol. The minimum absolute atomic E-state index is 0.0557. The van der Waals surface area contributed by atoms with E-state index in [-0.39, 0.29) is 18.9 Å². The second-order valence-corrected chi connectivity index (χ2v) is 7.92. The van der Waals surface area contributed by atoms with Crippen molar-refractivity contribution in [2.45, 2.75) is 18.6 Å². The second kappa shape index (κ2) is 4.79. The molecule has 1 saturated heterocycles. The van der Waals surface area contributed by atoms with Crippen molar-refractivity contribution >= 4 is 47.4 Å². The molecule has 0 saturated carbocycles. The predicted molar refractivity (Wildman–Crippen MR) is 72.2 cm³/mol. The maximum absolute atomic E-state index is 11.8. The lowest BCUT2D eigenvalue weighted by molar-refractivity contribution is -0.117. The van der Waals surface area contributed by atoms with Gasteiger partial charge in [0, 0.05) is 34.3 Å². The van der Waals surface area contributed by atoms with Crippen LogP contribution in [0.15, 0.2) is 16.7 Å². The molecule has 0 spiro atoms. The topological polar surface area (TPSA) is 67.3 Å². The van der Waals surface area contributed by atoms with Crippen LogP contribution in [0.4, 0.5) is 5.82 Å². The van der Waals surface area contributed by atoms with E-state index in [1.165, 1.54) is 4.90 Å². The zero-order valence-corrected chi connectivity index (χ0v) is 12.6. The third-order valence-corrected chi connectivity index (χ3v) is 5.06. The van der Waals surface area contributed by atoms with Crippen LogP contribution in [0, 0.1) is 6.92 Å². The Hall–Kier alpha value is -0.660. The summed E-state index contributed by atoms with van der Waals surface area (Å²) in [6, 6.07) is 1.82. The van der Waals surface area contributed by atoms with E-state index in [2.05, 4.69) is 20.9 Å². The first kappa shape index (κ1) is 13.8. The molecule has 0 bridgehead atoms. The number of anilines is 1. The van der Waals surface area contributed by atoms with E-state index in [0.717, 1.165) is 10.0 Å². The zero-order valence-electron chi connectivity index (χ0n) is 9.43. The molecule has 0 aromatic carbocycles. The van der Waals surface area contributed by atoms with Crippen molar-refractivity contribution in [2.24, 2.45) is 0 Å². The molecule has 98 valence electrons. The number of hydrogen-bond donors (Lipinski definition) is 0. The fourth-order valence-corrected chi connectivity index (χ4v) is 3.36. The van der Waals surface area contributed by atoms with Crippen molar-refractivity contribution in [3.05, 3.63) is 22.3 Å². The van der Waals surface area contributed by atoms with Gasteiger partial charge >= 0.3 is 0 Å². The Bertz CT molecular complexity index is 605. The number of aromatic nitrogens is 1. The quantitative estimate of drug-likeness (QED) is 0.761. The van der Waals surface area contributed by atoms with Gasteiger partial charge in [-0.1, -0.05) is 0 Å². The van der Waals surface area contributed by atoms with Crippen molar-refractivity contribution in [3.8, 4) is 0 Å². The number of carbonyl (C=O) groups is 1. The summed E-state index contributed by atoms with van der Waals surface area (Å²) in [7, 11) is 1.56. The fraction of sp³-hybridized carbons (Fsp3) is 0.400. The van der Waals surface area contributed by atoms with Gasteiger partial charge in [0.25, 0.3) is 0 Å². The molecule has 8 heteroatoms. The molecule has 0 N–H and O–H groups in total. The van der Waals surface area contributed by atoms with Crippen molar-refractivity contribution in [1.82, 2.24) is 4.98 Å². The third-order valence-electron chi connectivity index (χ3n) is 2.76. The van der Waals surface area contributed by atoms with E-state index in [0.29, 0.717) is 5.82 Å². The van der Waals surface area contributed by atoms with Crippen LogP contribution in [0.2, 0.25) is 0 Å². The second-order valence-electron chi connectivity index (χ2n) is 4.10. The molecule has 2 heterocycles. The summed E-state index contributed by atoms with van der Waals surface area (Å²) in [6.45, 7) is 1.86. The lowest BCUT2D eigenvalue weighted by Crippen LogP contribution is -2.28. The van der Waals surface area contributed by atoms with Gasteiger partial charge in [-0.3, -0.25) is 9.69 Å². The van der Waals surface area contributed by atoms with Crippen molar-refractivity contribution in [2.75, 3.05) is 11.4 Å². The number of hydrogen-bond acceptors (Lipinski definition) is 4. The summed E-state index contributed by atoms with van der Waals surface area (Å²) in [5.41, 5.74) is 0.797. The van der Waals surface area contributed by atoms with Gasteiger partial charge in [-0.25, -0.2) is 13.4 Å². The fourth-order valence-electron chi connectivity index (χ4n) is 1.88. The molecule has 1 amide bonds. The average Bonchev–Trinajstić information content (AvgIpc) is 2.60. The van der Waals surface area contributed by atoms with Gasteiger partial charge < -0.3 is 0 Å². The molecule has 1 aromatic heterocycles. The minimum atomic E-state index is -3.72. The Morgan fingerprint density at radius 3 is 2.72 bits per heavy atom. The maximum atomic E-state index is 11.8. The third kappa shape index (κ3) is 2.67. The van der Waals surface area contributed by atoms with Gasteiger partial charge in [-0.15, -0.1) is 0 Å². The number of carbonyl (C=O) groups excluding carboxylic acids is 1. The van der Waals surface area contributed by atoms with Gasteiger partial charge in [0.05, 0.1) is 0 Å². The summed E-state index contributed by atoms with van der Waals surface area (Å²) in [6.07, 6.45) is 1.47. The molecule has 1 aliphatic rings. The lowest BCUT2D eigenvalue weighted by Gasteiger charge is -2.17. The van der Waals surface area contributed by atoms with Crippen LogP contribution in [0.25, 0.3) is 0 Å². The predicted octanol–water partition coefficient (Wildman–Crippen LogP) is 1.83. The normalized spacial score (nSPS) is 20.5. The first-order valence-corrected chi connectivity index (χ1v) is 8.31. The molecule has 1 fully saturated rings. The molecule has 1 aromatic rings. The largest absolute Gasteiger partial charge is 0.295 e. The highest BCUT2D eigenvalue weighted by molar-refractivity contribution is 9.10. The molecule has 2 rings (SSSR count). The van der Waals surface area contributed by atoms with Gasteiger partial charge in [-0.05, 0) is 34.5 Å². The number of nitrogens with zero attached hydrogens (tertiary/aromatic N) is 2. The van der Waals surface area contributed by atoms with Gasteiger partial charge in [0.2, 0.25) is 15.0 Å². The molecule has 1 atom stereocenters. The Kier molecular flexibility index (Phi) is 3.66. The van der Waals surface area contributed by atoms with Crippen LogP contribution in [0.5, 0.6) is 0 Å². The molecular formula is C10H10BrClN2O3S. The Labute approximate surface area is 118 Å². The SMILES string of the molecule is Cc1cc(Br)cnc1N1CC(S(=O)(=O)Cl)CC1=O. The molecule has 18 heavy (non-hydrogen) atoms. The number of halogens is 2. The van der Waals surface area contributed by atoms with Crippen LogP contribution in [0.1, 0.15) is 12.0 Å². The van der Waals surface area contributed by atoms with E-state index in [4.69, 9.17) is 10.7 Å². The number of rotatable bonds is 2. The number of aryl methyl sites for hydroxylation is 1. The van der Waals surface area contributed by atoms with E-state index in [1.54, 1.807) is 6.20 Å². The van der Waals surface area contributed by atoms with Crippen molar-refractivity contribution in [3.63, 3.8) is 0 Å². The van der Waals surface area contributed by atoms with Crippen LogP contribution >= 0.6 is 26.6 Å². The summed E-state index contributed by atoms with van der Waals surface area (Å²) >= 11 is 3.28. The van der Waals surface area contributed by atoms with Gasteiger partial charge in [0.15, 0.2) is 0 Å². The van der Waals surface area contributed by atoms with Crippen LogP contribution < -0.4 is 4.90 Å². The Morgan fingerprint density at radius 2 is 2.22 bits per heavy atom. The average molecular weight is 354 g/mol. The van der Waals surface area contributed by atoms with Crippen molar-refractivity contribution in [1.29, 1.82) is 0 Å². The lowest BCUT2D eigenvalue weighted by atomic mass is 10.3. The summed E-state index contributed by atoms with van der Waals surface area (Å²) < 4.78 is 23.3. The van der Waals surface area contributed by atoms with Gasteiger partial charge in [0.1, 0.15) is 11.1 Å². The molecule has 5 nitrogen and oxygen atoms in total. The van der Waals surface area contributed by atoms with Crippen LogP contribution in [-0.2, 0) is 13.8 Å². The highest BCUT2D eigenvalue weighted by Gasteiger charge is 2.38. The summed E-state index contributed by atoms with van der Waals surface area (Å²) in [4.78, 5) is 17.3. The molecular weight excluding hydrogens is 344 g/mol. The van der Waals surface area contributed by atoms with E-state index in [1.807, 2.05) is 13.0 Å². The first-order valence-electron chi connectivity index (χ1n) is 5.15. The number of pyridine rings is 1. The standard InChI is InChI=1S/C10H10BrClN2O3S/c1-6-2-7(11)4-13-10(6)14-5-8(3-9(14)15)18(12,16)17/h2,4,8H,3,5H2,1H3. The van der Waals surface area contributed by atoms with Crippen LogP contribution in [-0.4, -0.2) is 31.1 Å². The Morgan fingerprint density at radius 1 is 1.56 bits per heavy atom. The molecule has 1 unspecified atom stereocenters. The maximum Gasteiger partial charge on any atom is 0.237 e. The molecule has 0 radical (unpaired) electrons. The van der Waals surface area contributed by atoms with E-state index < -0.39 is 14.3 Å². The highest BCUT2D eigenvalue weighted by atomic mass is 79.9. The van der Waals surface area contributed by atoms with E-state index in [9.17, 15) is 13.2 Å². The minimum Gasteiger partial charge on any atom is -0.295 e. The Balaban J connectivity index is 2.33. The molecule has 0 aliphatic carbocycles. The summed E-state index contributed by atoms with van der Waals surface area (Å²) in [5.74, 6) is 0.202. The highest BCUT2D eigenvalue weighted by Crippen LogP contribution is 2.28.